The Labute approximate surface area is 167 Å². The first-order chi connectivity index (χ1) is 13.8. The maximum absolute atomic E-state index is 12.4. The van der Waals surface area contributed by atoms with E-state index in [0.29, 0.717) is 29.0 Å². The van der Waals surface area contributed by atoms with Gasteiger partial charge in [-0.15, -0.1) is 0 Å². The number of esters is 1. The normalized spacial score (nSPS) is 10.9. The summed E-state index contributed by atoms with van der Waals surface area (Å²) in [6.45, 7) is 5.21. The number of nitrogens with one attached hydrogen (secondary N) is 1. The second kappa shape index (κ2) is 8.64. The number of rotatable bonds is 7. The monoisotopic (exact) mass is 394 g/mol. The standard InChI is InChI=1S/C21H22N4O4/c1-13(2)11-18(27)23-16-7-5-15(6-8-16)17(26)12-29-21(28)19-14(3)24-25-10-4-9-22-20(19)25/h4-10,13H,11-12H2,1-3H3,(H,23,27). The molecule has 0 fully saturated rings. The third-order valence-electron chi connectivity index (χ3n) is 4.19. The van der Waals surface area contributed by atoms with E-state index in [1.54, 1.807) is 49.6 Å². The molecule has 1 N–H and O–H groups in total. The number of aryl methyl sites for hydroxylation is 1. The number of ketones is 1. The van der Waals surface area contributed by atoms with Crippen LogP contribution in [0.2, 0.25) is 0 Å². The molecule has 3 rings (SSSR count). The molecule has 0 saturated carbocycles. The summed E-state index contributed by atoms with van der Waals surface area (Å²) in [5.41, 5.74) is 2.08. The van der Waals surface area contributed by atoms with Crippen LogP contribution in [0.15, 0.2) is 42.7 Å². The fraction of sp³-hybridized carbons (Fsp3) is 0.286. The van der Waals surface area contributed by atoms with Crippen molar-refractivity contribution in [2.24, 2.45) is 5.92 Å². The topological polar surface area (TPSA) is 103 Å². The molecule has 29 heavy (non-hydrogen) atoms. The SMILES string of the molecule is Cc1nn2cccnc2c1C(=O)OCC(=O)c1ccc(NC(=O)CC(C)C)cc1. The van der Waals surface area contributed by atoms with Gasteiger partial charge in [0, 0.05) is 30.1 Å². The molecule has 0 aliphatic rings. The summed E-state index contributed by atoms with van der Waals surface area (Å²) in [7, 11) is 0. The van der Waals surface area contributed by atoms with Crippen molar-refractivity contribution in [2.75, 3.05) is 11.9 Å². The average molecular weight is 394 g/mol. The second-order valence-electron chi connectivity index (χ2n) is 7.07. The maximum atomic E-state index is 12.4. The van der Waals surface area contributed by atoms with Crippen molar-refractivity contribution in [3.8, 4) is 0 Å². The fourth-order valence-electron chi connectivity index (χ4n) is 2.84. The Balaban J connectivity index is 1.61. The number of ether oxygens (including phenoxy) is 1. The highest BCUT2D eigenvalue weighted by atomic mass is 16.5. The minimum atomic E-state index is -0.651. The summed E-state index contributed by atoms with van der Waals surface area (Å²) in [4.78, 5) is 40.7. The molecule has 0 aliphatic carbocycles. The number of amides is 1. The van der Waals surface area contributed by atoms with Crippen LogP contribution in [-0.4, -0.2) is 38.9 Å². The zero-order valence-electron chi connectivity index (χ0n) is 16.5. The van der Waals surface area contributed by atoms with Crippen molar-refractivity contribution in [2.45, 2.75) is 27.2 Å². The molecular weight excluding hydrogens is 372 g/mol. The van der Waals surface area contributed by atoms with Gasteiger partial charge in [-0.2, -0.15) is 5.10 Å². The van der Waals surface area contributed by atoms with Gasteiger partial charge < -0.3 is 10.1 Å². The van der Waals surface area contributed by atoms with E-state index in [1.807, 2.05) is 13.8 Å². The maximum Gasteiger partial charge on any atom is 0.344 e. The lowest BCUT2D eigenvalue weighted by atomic mass is 10.1. The van der Waals surface area contributed by atoms with E-state index in [1.165, 1.54) is 4.52 Å². The van der Waals surface area contributed by atoms with Gasteiger partial charge in [0.2, 0.25) is 5.91 Å². The molecule has 3 aromatic rings. The summed E-state index contributed by atoms with van der Waals surface area (Å²) >= 11 is 0. The third kappa shape index (κ3) is 4.84. The van der Waals surface area contributed by atoms with Crippen LogP contribution in [0.1, 0.15) is 46.7 Å². The van der Waals surface area contributed by atoms with E-state index >= 15 is 0 Å². The molecule has 0 saturated heterocycles. The Morgan fingerprint density at radius 1 is 1.17 bits per heavy atom. The number of hydrogen-bond donors (Lipinski definition) is 1. The van der Waals surface area contributed by atoms with Crippen LogP contribution in [-0.2, 0) is 9.53 Å². The first-order valence-electron chi connectivity index (χ1n) is 9.25. The highest BCUT2D eigenvalue weighted by Gasteiger charge is 2.20. The highest BCUT2D eigenvalue weighted by Crippen LogP contribution is 2.15. The number of carbonyl (C=O) groups is 3. The van der Waals surface area contributed by atoms with Gasteiger partial charge in [0.25, 0.3) is 0 Å². The molecule has 0 unspecified atom stereocenters. The predicted octanol–water partition coefficient (Wildman–Crippen LogP) is 3.06. The van der Waals surface area contributed by atoms with Crippen molar-refractivity contribution >= 4 is 29.0 Å². The lowest BCUT2D eigenvalue weighted by Gasteiger charge is -2.08. The predicted molar refractivity (Wildman–Crippen MR) is 107 cm³/mol. The molecule has 150 valence electrons. The molecule has 0 radical (unpaired) electrons. The highest BCUT2D eigenvalue weighted by molar-refractivity contribution is 6.02. The average Bonchev–Trinajstić information content (AvgIpc) is 3.01. The summed E-state index contributed by atoms with van der Waals surface area (Å²) < 4.78 is 6.66. The molecule has 1 amide bonds. The molecule has 8 heteroatoms. The number of aromatic nitrogens is 3. The summed E-state index contributed by atoms with van der Waals surface area (Å²) in [6.07, 6.45) is 3.66. The van der Waals surface area contributed by atoms with Crippen LogP contribution in [0.25, 0.3) is 5.65 Å². The number of Topliss-reactive ketones (excluding diaryl/α,β-unsaturated/α-hetero) is 1. The van der Waals surface area contributed by atoms with Crippen LogP contribution in [0.4, 0.5) is 5.69 Å². The van der Waals surface area contributed by atoms with Gasteiger partial charge in [0.15, 0.2) is 18.0 Å². The molecule has 0 atom stereocenters. The van der Waals surface area contributed by atoms with Gasteiger partial charge in [-0.25, -0.2) is 14.3 Å². The molecular formula is C21H22N4O4. The third-order valence-corrected chi connectivity index (χ3v) is 4.19. The Bertz CT molecular complexity index is 1050. The van der Waals surface area contributed by atoms with Crippen LogP contribution in [0, 0.1) is 12.8 Å². The number of anilines is 1. The van der Waals surface area contributed by atoms with E-state index in [9.17, 15) is 14.4 Å². The number of fused-ring (bicyclic) bond motifs is 1. The van der Waals surface area contributed by atoms with Crippen molar-refractivity contribution in [3.63, 3.8) is 0 Å². The summed E-state index contributed by atoms with van der Waals surface area (Å²) in [5, 5.41) is 6.98. The first kappa shape index (κ1) is 20.2. The summed E-state index contributed by atoms with van der Waals surface area (Å²) in [6, 6.07) is 8.17. The van der Waals surface area contributed by atoms with Gasteiger partial charge in [-0.05, 0) is 43.2 Å². The largest absolute Gasteiger partial charge is 0.454 e. The van der Waals surface area contributed by atoms with Gasteiger partial charge in [0.1, 0.15) is 5.56 Å². The zero-order chi connectivity index (χ0) is 21.0. The van der Waals surface area contributed by atoms with Crippen LogP contribution >= 0.6 is 0 Å². The molecule has 0 spiro atoms. The van der Waals surface area contributed by atoms with E-state index in [-0.39, 0.29) is 23.2 Å². The van der Waals surface area contributed by atoms with E-state index < -0.39 is 12.6 Å². The smallest absolute Gasteiger partial charge is 0.344 e. The zero-order valence-corrected chi connectivity index (χ0v) is 16.5. The minimum absolute atomic E-state index is 0.0783. The Morgan fingerprint density at radius 3 is 2.59 bits per heavy atom. The van der Waals surface area contributed by atoms with Crippen LogP contribution in [0.3, 0.4) is 0 Å². The number of hydrogen-bond acceptors (Lipinski definition) is 6. The van der Waals surface area contributed by atoms with Crippen molar-refractivity contribution < 1.29 is 19.1 Å². The minimum Gasteiger partial charge on any atom is -0.454 e. The Kier molecular flexibility index (Phi) is 6.01. The fourth-order valence-corrected chi connectivity index (χ4v) is 2.84. The molecule has 0 aliphatic heterocycles. The van der Waals surface area contributed by atoms with Crippen molar-refractivity contribution in [1.29, 1.82) is 0 Å². The first-order valence-corrected chi connectivity index (χ1v) is 9.25. The molecule has 8 nitrogen and oxygen atoms in total. The Morgan fingerprint density at radius 2 is 1.90 bits per heavy atom. The van der Waals surface area contributed by atoms with Gasteiger partial charge >= 0.3 is 5.97 Å². The van der Waals surface area contributed by atoms with Gasteiger partial charge in [0.05, 0.1) is 5.69 Å². The molecule has 1 aromatic carbocycles. The second-order valence-corrected chi connectivity index (χ2v) is 7.07. The number of nitrogens with zero attached hydrogens (tertiary/aromatic N) is 3. The number of carbonyl (C=O) groups excluding carboxylic acids is 3. The van der Waals surface area contributed by atoms with E-state index in [4.69, 9.17) is 4.74 Å². The van der Waals surface area contributed by atoms with Crippen molar-refractivity contribution in [1.82, 2.24) is 14.6 Å². The van der Waals surface area contributed by atoms with E-state index in [2.05, 4.69) is 15.4 Å². The van der Waals surface area contributed by atoms with E-state index in [0.717, 1.165) is 0 Å². The molecule has 2 aromatic heterocycles. The van der Waals surface area contributed by atoms with Crippen molar-refractivity contribution in [3.05, 3.63) is 59.5 Å². The van der Waals surface area contributed by atoms with Crippen LogP contribution in [0.5, 0.6) is 0 Å². The molecule has 2 heterocycles. The summed E-state index contributed by atoms with van der Waals surface area (Å²) in [5.74, 6) is -0.814. The number of benzene rings is 1. The molecule has 0 bridgehead atoms. The quantitative estimate of drug-likeness (QED) is 0.488. The Hall–Kier alpha value is -3.55. The van der Waals surface area contributed by atoms with Gasteiger partial charge in [-0.1, -0.05) is 13.8 Å². The van der Waals surface area contributed by atoms with Crippen LogP contribution < -0.4 is 5.32 Å². The lowest BCUT2D eigenvalue weighted by molar-refractivity contribution is -0.116. The lowest BCUT2D eigenvalue weighted by Crippen LogP contribution is -2.16. The van der Waals surface area contributed by atoms with Gasteiger partial charge in [-0.3, -0.25) is 9.59 Å².